The zero-order chi connectivity index (χ0) is 14.3. The van der Waals surface area contributed by atoms with Crippen LogP contribution in [0, 0.1) is 5.92 Å². The molecule has 0 radical (unpaired) electrons. The Morgan fingerprint density at radius 3 is 2.71 bits per heavy atom. The molecule has 3 rings (SSSR count). The van der Waals surface area contributed by atoms with Gasteiger partial charge < -0.3 is 5.32 Å². The summed E-state index contributed by atoms with van der Waals surface area (Å²) in [7, 11) is 0. The molecule has 1 atom stereocenters. The molecule has 1 unspecified atom stereocenters. The number of nitrogens with one attached hydrogen (secondary N) is 1. The van der Waals surface area contributed by atoms with Crippen LogP contribution < -0.4 is 5.32 Å². The fourth-order valence-electron chi connectivity index (χ4n) is 2.51. The van der Waals surface area contributed by atoms with Crippen molar-refractivity contribution >= 4 is 11.8 Å². The second-order valence-electron chi connectivity index (χ2n) is 5.27. The van der Waals surface area contributed by atoms with E-state index in [0.29, 0.717) is 0 Å². The summed E-state index contributed by atoms with van der Waals surface area (Å²) in [6, 6.07) is 10.4. The topological polar surface area (TPSA) is 27.6 Å². The van der Waals surface area contributed by atoms with Crippen molar-refractivity contribution in [2.75, 3.05) is 26.2 Å². The highest BCUT2D eigenvalue weighted by Crippen LogP contribution is 2.15. The molecule has 0 aromatic heterocycles. The molecule has 0 amide bonds. The van der Waals surface area contributed by atoms with Gasteiger partial charge in [0.25, 0.3) is 0 Å². The molecule has 3 nitrogen and oxygen atoms in total. The summed E-state index contributed by atoms with van der Waals surface area (Å²) in [6.07, 6.45) is 12.9. The Morgan fingerprint density at radius 1 is 1.10 bits per heavy atom. The first-order valence-electron chi connectivity index (χ1n) is 7.54. The van der Waals surface area contributed by atoms with Gasteiger partial charge in [-0.2, -0.15) is 5.10 Å². The summed E-state index contributed by atoms with van der Waals surface area (Å²) in [6.45, 7) is 3.99. The van der Waals surface area contributed by atoms with Crippen molar-refractivity contribution in [3.05, 3.63) is 66.3 Å². The van der Waals surface area contributed by atoms with Crippen molar-refractivity contribution in [3.63, 3.8) is 0 Å². The molecule has 3 heteroatoms. The highest BCUT2D eigenvalue weighted by atomic mass is 15.5. The van der Waals surface area contributed by atoms with E-state index in [1.54, 1.807) is 0 Å². The molecule has 1 aromatic rings. The van der Waals surface area contributed by atoms with Crippen LogP contribution in [0.25, 0.3) is 6.08 Å². The van der Waals surface area contributed by atoms with Crippen molar-refractivity contribution in [1.29, 1.82) is 0 Å². The SMILES string of the molecule is C1=CC(=NN2CCNCC2)C(C=Cc2ccccc2)C=C1. The predicted octanol–water partition coefficient (Wildman–Crippen LogP) is 2.70. The number of allylic oxidation sites excluding steroid dienone is 5. The van der Waals surface area contributed by atoms with E-state index < -0.39 is 0 Å². The first-order valence-corrected chi connectivity index (χ1v) is 7.54. The third-order valence-corrected chi connectivity index (χ3v) is 3.68. The molecule has 108 valence electrons. The average molecular weight is 279 g/mol. The van der Waals surface area contributed by atoms with Gasteiger partial charge in [0.15, 0.2) is 0 Å². The maximum absolute atomic E-state index is 4.81. The lowest BCUT2D eigenvalue weighted by atomic mass is 9.97. The van der Waals surface area contributed by atoms with Crippen LogP contribution >= 0.6 is 0 Å². The van der Waals surface area contributed by atoms with Crippen molar-refractivity contribution in [2.24, 2.45) is 11.0 Å². The van der Waals surface area contributed by atoms with E-state index in [2.05, 4.69) is 71.0 Å². The molecule has 1 saturated heterocycles. The summed E-state index contributed by atoms with van der Waals surface area (Å²) in [5, 5.41) is 10.3. The summed E-state index contributed by atoms with van der Waals surface area (Å²) >= 11 is 0. The molecule has 1 heterocycles. The van der Waals surface area contributed by atoms with Gasteiger partial charge in [-0.3, -0.25) is 5.01 Å². The smallest absolute Gasteiger partial charge is 0.0712 e. The fraction of sp³-hybridized carbons (Fsp3) is 0.278. The Morgan fingerprint density at radius 2 is 1.90 bits per heavy atom. The zero-order valence-electron chi connectivity index (χ0n) is 12.2. The number of hydrogen-bond donors (Lipinski definition) is 1. The zero-order valence-corrected chi connectivity index (χ0v) is 12.2. The maximum Gasteiger partial charge on any atom is 0.0712 e. The summed E-state index contributed by atoms with van der Waals surface area (Å²) in [5.74, 6) is 0.255. The van der Waals surface area contributed by atoms with E-state index in [4.69, 9.17) is 5.10 Å². The Hall–Kier alpha value is -2.13. The molecule has 1 aliphatic carbocycles. The number of hydrazone groups is 1. The van der Waals surface area contributed by atoms with E-state index in [0.717, 1.165) is 31.9 Å². The molecule has 1 N–H and O–H groups in total. The lowest BCUT2D eigenvalue weighted by molar-refractivity contribution is 0.251. The first-order chi connectivity index (χ1) is 10.4. The molecular weight excluding hydrogens is 258 g/mol. The predicted molar refractivity (Wildman–Crippen MR) is 89.1 cm³/mol. The van der Waals surface area contributed by atoms with Gasteiger partial charge in [-0.1, -0.05) is 60.7 Å². The minimum Gasteiger partial charge on any atom is -0.313 e. The minimum absolute atomic E-state index is 0.255. The third kappa shape index (κ3) is 3.92. The van der Waals surface area contributed by atoms with Crippen LogP contribution in [-0.4, -0.2) is 36.9 Å². The van der Waals surface area contributed by atoms with Crippen molar-refractivity contribution < 1.29 is 0 Å². The van der Waals surface area contributed by atoms with Gasteiger partial charge in [0.2, 0.25) is 0 Å². The van der Waals surface area contributed by atoms with Crippen LogP contribution in [0.3, 0.4) is 0 Å². The number of rotatable bonds is 3. The second-order valence-corrected chi connectivity index (χ2v) is 5.27. The normalized spacial score (nSPS) is 24.1. The van der Waals surface area contributed by atoms with Crippen LogP contribution in [0.15, 0.2) is 65.8 Å². The fourth-order valence-corrected chi connectivity index (χ4v) is 2.51. The standard InChI is InChI=1S/C18H21N3/c1-2-6-16(7-3-1)10-11-17-8-4-5-9-18(17)20-21-14-12-19-13-15-21/h1-11,17,19H,12-15H2. The first kappa shape index (κ1) is 13.8. The minimum atomic E-state index is 0.255. The van der Waals surface area contributed by atoms with E-state index in [1.807, 2.05) is 6.07 Å². The highest BCUT2D eigenvalue weighted by Gasteiger charge is 2.13. The monoisotopic (exact) mass is 279 g/mol. The Balaban J connectivity index is 1.73. The van der Waals surface area contributed by atoms with Crippen LogP contribution in [0.1, 0.15) is 5.56 Å². The summed E-state index contributed by atoms with van der Waals surface area (Å²) in [4.78, 5) is 0. The van der Waals surface area contributed by atoms with E-state index in [-0.39, 0.29) is 5.92 Å². The number of nitrogens with zero attached hydrogens (tertiary/aromatic N) is 2. The van der Waals surface area contributed by atoms with Gasteiger partial charge in [-0.05, 0) is 11.6 Å². The molecular formula is C18H21N3. The molecule has 21 heavy (non-hydrogen) atoms. The summed E-state index contributed by atoms with van der Waals surface area (Å²) < 4.78 is 0. The average Bonchev–Trinajstić information content (AvgIpc) is 2.56. The van der Waals surface area contributed by atoms with Gasteiger partial charge in [0.1, 0.15) is 0 Å². The van der Waals surface area contributed by atoms with Gasteiger partial charge in [-0.15, -0.1) is 0 Å². The van der Waals surface area contributed by atoms with Crippen LogP contribution in [0.5, 0.6) is 0 Å². The molecule has 1 fully saturated rings. The van der Waals surface area contributed by atoms with Gasteiger partial charge in [-0.25, -0.2) is 0 Å². The number of piperazine rings is 1. The Bertz CT molecular complexity index is 563. The number of benzene rings is 1. The second kappa shape index (κ2) is 7.04. The Labute approximate surface area is 126 Å². The quantitative estimate of drug-likeness (QED) is 0.921. The molecule has 1 aliphatic heterocycles. The lowest BCUT2D eigenvalue weighted by Crippen LogP contribution is -2.41. The van der Waals surface area contributed by atoms with Crippen LogP contribution in [0.4, 0.5) is 0 Å². The summed E-state index contributed by atoms with van der Waals surface area (Å²) in [5.41, 5.74) is 2.34. The number of hydrogen-bond acceptors (Lipinski definition) is 3. The molecule has 1 aromatic carbocycles. The van der Waals surface area contributed by atoms with E-state index >= 15 is 0 Å². The lowest BCUT2D eigenvalue weighted by Gasteiger charge is -2.26. The van der Waals surface area contributed by atoms with Crippen LogP contribution in [-0.2, 0) is 0 Å². The van der Waals surface area contributed by atoms with Gasteiger partial charge >= 0.3 is 0 Å². The molecule has 0 bridgehead atoms. The molecule has 2 aliphatic rings. The maximum atomic E-state index is 4.81. The van der Waals surface area contributed by atoms with Crippen molar-refractivity contribution in [1.82, 2.24) is 10.3 Å². The largest absolute Gasteiger partial charge is 0.313 e. The highest BCUT2D eigenvalue weighted by molar-refractivity contribution is 6.00. The van der Waals surface area contributed by atoms with Crippen LogP contribution in [0.2, 0.25) is 0 Å². The molecule has 0 saturated carbocycles. The van der Waals surface area contributed by atoms with Crippen molar-refractivity contribution in [2.45, 2.75) is 0 Å². The van der Waals surface area contributed by atoms with E-state index in [1.165, 1.54) is 5.56 Å². The third-order valence-electron chi connectivity index (χ3n) is 3.68. The van der Waals surface area contributed by atoms with Gasteiger partial charge in [0, 0.05) is 32.1 Å². The Kier molecular flexibility index (Phi) is 4.64. The molecule has 0 spiro atoms. The van der Waals surface area contributed by atoms with E-state index in [9.17, 15) is 0 Å². The van der Waals surface area contributed by atoms with Crippen molar-refractivity contribution in [3.8, 4) is 0 Å². The van der Waals surface area contributed by atoms with Gasteiger partial charge in [0.05, 0.1) is 5.71 Å².